The molecule has 0 aliphatic carbocycles. The van der Waals surface area contributed by atoms with Crippen LogP contribution in [0.1, 0.15) is 5.56 Å². The van der Waals surface area contributed by atoms with Crippen molar-refractivity contribution in [3.05, 3.63) is 59.4 Å². The minimum Gasteiger partial charge on any atom is -0.384 e. The summed E-state index contributed by atoms with van der Waals surface area (Å²) in [7, 11) is 1.46. The van der Waals surface area contributed by atoms with Crippen LogP contribution in [-0.2, 0) is 0 Å². The van der Waals surface area contributed by atoms with E-state index in [1.165, 1.54) is 36.2 Å². The van der Waals surface area contributed by atoms with E-state index in [0.29, 0.717) is 5.69 Å². The number of rotatable bonds is 3. The van der Waals surface area contributed by atoms with Crippen molar-refractivity contribution in [2.75, 3.05) is 11.9 Å². The van der Waals surface area contributed by atoms with Crippen molar-refractivity contribution < 1.29 is 13.2 Å². The molecule has 2 rings (SSSR count). The molecular formula is C14H12F3N3. The van der Waals surface area contributed by atoms with Gasteiger partial charge in [0.25, 0.3) is 0 Å². The Morgan fingerprint density at radius 2 is 1.55 bits per heavy atom. The summed E-state index contributed by atoms with van der Waals surface area (Å²) in [6.45, 7) is 0. The van der Waals surface area contributed by atoms with Crippen LogP contribution in [-0.4, -0.2) is 12.9 Å². The van der Waals surface area contributed by atoms with Crippen molar-refractivity contribution in [3.8, 4) is 0 Å². The van der Waals surface area contributed by atoms with E-state index >= 15 is 0 Å². The minimum absolute atomic E-state index is 0.0312. The summed E-state index contributed by atoms with van der Waals surface area (Å²) in [6.07, 6.45) is 0. The molecule has 0 saturated heterocycles. The molecule has 0 amide bonds. The summed E-state index contributed by atoms with van der Waals surface area (Å²) in [5.41, 5.74) is 5.31. The van der Waals surface area contributed by atoms with Gasteiger partial charge >= 0.3 is 0 Å². The van der Waals surface area contributed by atoms with Crippen LogP contribution in [0.2, 0.25) is 0 Å². The lowest BCUT2D eigenvalue weighted by Gasteiger charge is -2.21. The molecule has 0 aromatic heterocycles. The number of nitrogens with zero attached hydrogens (tertiary/aromatic N) is 1. The first-order valence-corrected chi connectivity index (χ1v) is 5.73. The first kappa shape index (κ1) is 13.9. The molecule has 6 heteroatoms. The van der Waals surface area contributed by atoms with Crippen molar-refractivity contribution >= 4 is 17.2 Å². The molecule has 0 unspecified atom stereocenters. The third kappa shape index (κ3) is 2.59. The molecule has 2 aromatic rings. The van der Waals surface area contributed by atoms with Gasteiger partial charge in [0.15, 0.2) is 11.6 Å². The van der Waals surface area contributed by atoms with Crippen molar-refractivity contribution in [2.45, 2.75) is 0 Å². The molecule has 0 saturated carbocycles. The maximum absolute atomic E-state index is 14.0. The van der Waals surface area contributed by atoms with Crippen LogP contribution in [0.25, 0.3) is 0 Å². The largest absolute Gasteiger partial charge is 0.384 e. The number of halogens is 3. The van der Waals surface area contributed by atoms with Crippen LogP contribution in [0.4, 0.5) is 24.5 Å². The third-order valence-corrected chi connectivity index (χ3v) is 2.88. The van der Waals surface area contributed by atoms with E-state index < -0.39 is 23.3 Å². The van der Waals surface area contributed by atoms with E-state index in [2.05, 4.69) is 0 Å². The van der Waals surface area contributed by atoms with Gasteiger partial charge in [0.2, 0.25) is 0 Å². The SMILES string of the molecule is CN(c1ccc(F)cc1)c1c(F)cc(C(=N)N)cc1F. The van der Waals surface area contributed by atoms with Gasteiger partial charge in [0, 0.05) is 18.3 Å². The smallest absolute Gasteiger partial charge is 0.150 e. The molecular weight excluding hydrogens is 267 g/mol. The van der Waals surface area contributed by atoms with Crippen LogP contribution in [0.5, 0.6) is 0 Å². The molecule has 0 radical (unpaired) electrons. The number of amidine groups is 1. The summed E-state index contributed by atoms with van der Waals surface area (Å²) >= 11 is 0. The number of nitrogen functional groups attached to an aromatic ring is 1. The summed E-state index contributed by atoms with van der Waals surface area (Å²) in [6, 6.07) is 7.19. The maximum Gasteiger partial charge on any atom is 0.150 e. The molecule has 0 fully saturated rings. The molecule has 3 nitrogen and oxygen atoms in total. The second-order valence-electron chi connectivity index (χ2n) is 4.24. The Bertz CT molecular complexity index is 630. The Balaban J connectivity index is 2.47. The van der Waals surface area contributed by atoms with Crippen molar-refractivity contribution in [2.24, 2.45) is 5.73 Å². The molecule has 104 valence electrons. The molecule has 0 heterocycles. The number of nitrogens with one attached hydrogen (secondary N) is 1. The Morgan fingerprint density at radius 3 is 2.00 bits per heavy atom. The van der Waals surface area contributed by atoms with E-state index in [-0.39, 0.29) is 11.3 Å². The van der Waals surface area contributed by atoms with Gasteiger partial charge in [-0.05, 0) is 36.4 Å². The zero-order valence-electron chi connectivity index (χ0n) is 10.6. The summed E-state index contributed by atoms with van der Waals surface area (Å²) in [4.78, 5) is 1.26. The molecule has 0 spiro atoms. The number of hydrogen-bond donors (Lipinski definition) is 2. The first-order valence-electron chi connectivity index (χ1n) is 5.73. The number of anilines is 2. The van der Waals surface area contributed by atoms with E-state index in [1.807, 2.05) is 0 Å². The fraction of sp³-hybridized carbons (Fsp3) is 0.0714. The van der Waals surface area contributed by atoms with Crippen LogP contribution < -0.4 is 10.6 Å². The van der Waals surface area contributed by atoms with E-state index in [1.54, 1.807) is 0 Å². The van der Waals surface area contributed by atoms with Crippen molar-refractivity contribution in [1.82, 2.24) is 0 Å². The van der Waals surface area contributed by atoms with E-state index in [9.17, 15) is 13.2 Å². The normalized spacial score (nSPS) is 10.4. The molecule has 0 aliphatic heterocycles. The Morgan fingerprint density at radius 1 is 1.05 bits per heavy atom. The number of benzene rings is 2. The highest BCUT2D eigenvalue weighted by Crippen LogP contribution is 2.30. The minimum atomic E-state index is -0.845. The monoisotopic (exact) mass is 279 g/mol. The lowest BCUT2D eigenvalue weighted by molar-refractivity contribution is 0.583. The number of hydrogen-bond acceptors (Lipinski definition) is 2. The van der Waals surface area contributed by atoms with Gasteiger partial charge in [-0.3, -0.25) is 5.41 Å². The summed E-state index contributed by atoms with van der Waals surface area (Å²) in [5, 5.41) is 7.18. The van der Waals surface area contributed by atoms with Crippen LogP contribution in [0, 0.1) is 22.9 Å². The van der Waals surface area contributed by atoms with Crippen molar-refractivity contribution in [3.63, 3.8) is 0 Å². The lowest BCUT2D eigenvalue weighted by Crippen LogP contribution is -2.16. The van der Waals surface area contributed by atoms with Gasteiger partial charge < -0.3 is 10.6 Å². The third-order valence-electron chi connectivity index (χ3n) is 2.88. The van der Waals surface area contributed by atoms with Gasteiger partial charge in [-0.1, -0.05) is 0 Å². The predicted octanol–water partition coefficient (Wildman–Crippen LogP) is 3.16. The summed E-state index contributed by atoms with van der Waals surface area (Å²) < 4.78 is 40.8. The quantitative estimate of drug-likeness (QED) is 0.670. The van der Waals surface area contributed by atoms with Crippen LogP contribution >= 0.6 is 0 Å². The average molecular weight is 279 g/mol. The van der Waals surface area contributed by atoms with Gasteiger partial charge in [0.1, 0.15) is 17.3 Å². The second-order valence-corrected chi connectivity index (χ2v) is 4.24. The van der Waals surface area contributed by atoms with Crippen LogP contribution in [0.3, 0.4) is 0 Å². The highest BCUT2D eigenvalue weighted by molar-refractivity contribution is 5.95. The van der Waals surface area contributed by atoms with Gasteiger partial charge in [-0.2, -0.15) is 0 Å². The maximum atomic E-state index is 14.0. The first-order chi connectivity index (χ1) is 9.40. The zero-order chi connectivity index (χ0) is 14.9. The Kier molecular flexibility index (Phi) is 3.65. The molecule has 20 heavy (non-hydrogen) atoms. The van der Waals surface area contributed by atoms with Crippen LogP contribution in [0.15, 0.2) is 36.4 Å². The fourth-order valence-electron chi connectivity index (χ4n) is 1.84. The van der Waals surface area contributed by atoms with Gasteiger partial charge in [0.05, 0.1) is 0 Å². The average Bonchev–Trinajstić information content (AvgIpc) is 2.38. The Labute approximate surface area is 114 Å². The topological polar surface area (TPSA) is 53.1 Å². The molecule has 0 atom stereocenters. The van der Waals surface area contributed by atoms with E-state index in [0.717, 1.165) is 12.1 Å². The zero-order valence-corrected chi connectivity index (χ0v) is 10.6. The lowest BCUT2D eigenvalue weighted by atomic mass is 10.1. The highest BCUT2D eigenvalue weighted by atomic mass is 19.1. The predicted molar refractivity (Wildman–Crippen MR) is 71.8 cm³/mol. The Hall–Kier alpha value is -2.50. The molecule has 2 aromatic carbocycles. The van der Waals surface area contributed by atoms with Gasteiger partial charge in [-0.15, -0.1) is 0 Å². The number of nitrogens with two attached hydrogens (primary N) is 1. The van der Waals surface area contributed by atoms with Crippen molar-refractivity contribution in [1.29, 1.82) is 5.41 Å². The molecule has 3 N–H and O–H groups in total. The molecule has 0 aliphatic rings. The van der Waals surface area contributed by atoms with Gasteiger partial charge in [-0.25, -0.2) is 13.2 Å². The highest BCUT2D eigenvalue weighted by Gasteiger charge is 2.17. The standard InChI is InChI=1S/C14H12F3N3/c1-20(10-4-2-9(15)3-5-10)13-11(16)6-8(14(18)19)7-12(13)17/h2-7H,1H3,(H3,18,19). The second kappa shape index (κ2) is 5.24. The fourth-order valence-corrected chi connectivity index (χ4v) is 1.84. The summed E-state index contributed by atoms with van der Waals surface area (Å²) in [5.74, 6) is -2.54. The van der Waals surface area contributed by atoms with E-state index in [4.69, 9.17) is 11.1 Å². The molecule has 0 bridgehead atoms.